The SMILES string of the molecule is Cc1ccc([C@@H]2[C@@H](c3ccccn3)NC(=S)N2c2cc(Cl)ccc2O)s1. The van der Waals surface area contributed by atoms with Crippen molar-refractivity contribution in [2.45, 2.75) is 19.0 Å². The molecule has 0 aliphatic carbocycles. The molecule has 132 valence electrons. The number of aromatic hydroxyl groups is 1. The average molecular weight is 402 g/mol. The van der Waals surface area contributed by atoms with Crippen LogP contribution in [0.25, 0.3) is 0 Å². The molecule has 2 N–H and O–H groups in total. The Kier molecular flexibility index (Phi) is 4.56. The van der Waals surface area contributed by atoms with Crippen molar-refractivity contribution in [3.63, 3.8) is 0 Å². The van der Waals surface area contributed by atoms with Crippen molar-refractivity contribution in [3.05, 3.63) is 75.2 Å². The van der Waals surface area contributed by atoms with Gasteiger partial charge in [0.2, 0.25) is 0 Å². The van der Waals surface area contributed by atoms with Gasteiger partial charge in [0.05, 0.1) is 23.5 Å². The smallest absolute Gasteiger partial charge is 0.174 e. The van der Waals surface area contributed by atoms with E-state index in [9.17, 15) is 5.11 Å². The number of benzene rings is 1. The summed E-state index contributed by atoms with van der Waals surface area (Å²) in [7, 11) is 0. The summed E-state index contributed by atoms with van der Waals surface area (Å²) >= 11 is 13.5. The van der Waals surface area contributed by atoms with Gasteiger partial charge in [-0.2, -0.15) is 0 Å². The van der Waals surface area contributed by atoms with E-state index in [2.05, 4.69) is 29.4 Å². The highest BCUT2D eigenvalue weighted by Crippen LogP contribution is 2.46. The van der Waals surface area contributed by atoms with Crippen LogP contribution >= 0.6 is 35.2 Å². The number of halogens is 1. The van der Waals surface area contributed by atoms with E-state index in [4.69, 9.17) is 23.8 Å². The molecule has 4 nitrogen and oxygen atoms in total. The van der Waals surface area contributed by atoms with Crippen molar-refractivity contribution in [1.82, 2.24) is 10.3 Å². The Balaban J connectivity index is 1.86. The molecule has 0 unspecified atom stereocenters. The summed E-state index contributed by atoms with van der Waals surface area (Å²) in [5.41, 5.74) is 1.49. The van der Waals surface area contributed by atoms with Gasteiger partial charge < -0.3 is 15.3 Å². The topological polar surface area (TPSA) is 48.4 Å². The predicted octanol–water partition coefficient (Wildman–Crippen LogP) is 4.99. The number of aryl methyl sites for hydroxylation is 1. The van der Waals surface area contributed by atoms with Crippen molar-refractivity contribution in [3.8, 4) is 5.75 Å². The molecule has 1 aliphatic rings. The Bertz CT molecular complexity index is 960. The van der Waals surface area contributed by atoms with Gasteiger partial charge in [-0.05, 0) is 61.6 Å². The van der Waals surface area contributed by atoms with E-state index in [1.54, 1.807) is 35.7 Å². The average Bonchev–Trinajstić information content (AvgIpc) is 3.21. The van der Waals surface area contributed by atoms with Gasteiger partial charge in [0, 0.05) is 21.0 Å². The molecule has 0 saturated carbocycles. The highest BCUT2D eigenvalue weighted by Gasteiger charge is 2.42. The maximum absolute atomic E-state index is 10.4. The molecule has 0 bridgehead atoms. The number of aromatic nitrogens is 1. The Hall–Kier alpha value is -2.15. The zero-order valence-corrected chi connectivity index (χ0v) is 16.3. The number of thiocarbonyl (C=S) groups is 1. The molecule has 1 fully saturated rings. The number of nitrogens with one attached hydrogen (secondary N) is 1. The number of rotatable bonds is 3. The molecule has 0 amide bonds. The highest BCUT2D eigenvalue weighted by atomic mass is 35.5. The summed E-state index contributed by atoms with van der Waals surface area (Å²) in [4.78, 5) is 8.80. The molecule has 1 aliphatic heterocycles. The molecular weight excluding hydrogens is 386 g/mol. The van der Waals surface area contributed by atoms with Crippen molar-refractivity contribution >= 4 is 46.0 Å². The maximum Gasteiger partial charge on any atom is 0.174 e. The zero-order valence-electron chi connectivity index (χ0n) is 13.9. The number of phenols is 1. The second-order valence-corrected chi connectivity index (χ2v) is 8.22. The number of thiophene rings is 1. The van der Waals surface area contributed by atoms with E-state index in [1.165, 1.54) is 4.88 Å². The standard InChI is InChI=1S/C19H16ClN3OS2/c1-11-5-8-16(26-11)18-17(13-4-2-3-9-21-13)22-19(25)23(18)14-10-12(20)6-7-15(14)24/h2-10,17-18,24H,1H3,(H,22,25)/t17-,18-/m1/s1. The fraction of sp³-hybridized carbons (Fsp3) is 0.158. The minimum atomic E-state index is -0.125. The predicted molar refractivity (Wildman–Crippen MR) is 110 cm³/mol. The summed E-state index contributed by atoms with van der Waals surface area (Å²) < 4.78 is 0. The molecule has 0 spiro atoms. The summed E-state index contributed by atoms with van der Waals surface area (Å²) in [5.74, 6) is 0.137. The number of nitrogens with zero attached hydrogens (tertiary/aromatic N) is 2. The van der Waals surface area contributed by atoms with Crippen LogP contribution < -0.4 is 10.2 Å². The lowest BCUT2D eigenvalue weighted by Crippen LogP contribution is -2.29. The second kappa shape index (κ2) is 6.87. The van der Waals surface area contributed by atoms with Gasteiger partial charge in [-0.1, -0.05) is 17.7 Å². The number of anilines is 1. The molecule has 3 aromatic rings. The molecule has 4 rings (SSSR count). The van der Waals surface area contributed by atoms with E-state index >= 15 is 0 Å². The van der Waals surface area contributed by atoms with E-state index in [0.29, 0.717) is 15.8 Å². The molecule has 1 aromatic carbocycles. The van der Waals surface area contributed by atoms with E-state index in [1.807, 2.05) is 23.1 Å². The fourth-order valence-corrected chi connectivity index (χ4v) is 4.72. The fourth-order valence-electron chi connectivity index (χ4n) is 3.21. The van der Waals surface area contributed by atoms with Crippen LogP contribution in [0.4, 0.5) is 5.69 Å². The lowest BCUT2D eigenvalue weighted by molar-refractivity contribution is 0.473. The lowest BCUT2D eigenvalue weighted by atomic mass is 10.0. The first kappa shape index (κ1) is 17.3. The summed E-state index contributed by atoms with van der Waals surface area (Å²) in [6.07, 6.45) is 1.77. The minimum absolute atomic E-state index is 0.125. The molecule has 3 heterocycles. The van der Waals surface area contributed by atoms with E-state index in [-0.39, 0.29) is 17.8 Å². The Morgan fingerprint density at radius 3 is 2.77 bits per heavy atom. The van der Waals surface area contributed by atoms with Gasteiger partial charge in [-0.3, -0.25) is 4.98 Å². The first-order valence-electron chi connectivity index (χ1n) is 8.10. The molecule has 2 aromatic heterocycles. The first-order valence-corrected chi connectivity index (χ1v) is 9.70. The number of hydrogen-bond acceptors (Lipinski definition) is 4. The summed E-state index contributed by atoms with van der Waals surface area (Å²) in [5, 5.41) is 14.9. The van der Waals surface area contributed by atoms with Crippen molar-refractivity contribution in [2.75, 3.05) is 4.90 Å². The third-order valence-corrected chi connectivity index (χ3v) is 5.97. The summed E-state index contributed by atoms with van der Waals surface area (Å²) in [6.45, 7) is 2.08. The van der Waals surface area contributed by atoms with Crippen molar-refractivity contribution in [1.29, 1.82) is 0 Å². The van der Waals surface area contributed by atoms with Crippen LogP contribution in [0.5, 0.6) is 5.75 Å². The van der Waals surface area contributed by atoms with Crippen LogP contribution in [0.15, 0.2) is 54.7 Å². The van der Waals surface area contributed by atoms with Gasteiger partial charge in [-0.25, -0.2) is 0 Å². The van der Waals surface area contributed by atoms with Crippen LogP contribution in [0.2, 0.25) is 5.02 Å². The second-order valence-electron chi connectivity index (χ2n) is 6.08. The maximum atomic E-state index is 10.4. The van der Waals surface area contributed by atoms with E-state index in [0.717, 1.165) is 10.6 Å². The van der Waals surface area contributed by atoms with Crippen molar-refractivity contribution < 1.29 is 5.11 Å². The molecule has 7 heteroatoms. The van der Waals surface area contributed by atoms with Crippen LogP contribution in [0.3, 0.4) is 0 Å². The molecule has 0 radical (unpaired) electrons. The van der Waals surface area contributed by atoms with Gasteiger partial charge in [-0.15, -0.1) is 11.3 Å². The Morgan fingerprint density at radius 1 is 1.23 bits per heavy atom. The highest BCUT2D eigenvalue weighted by molar-refractivity contribution is 7.80. The van der Waals surface area contributed by atoms with E-state index < -0.39 is 0 Å². The van der Waals surface area contributed by atoms with Gasteiger partial charge in [0.15, 0.2) is 5.11 Å². The van der Waals surface area contributed by atoms with Crippen LogP contribution in [0.1, 0.15) is 27.5 Å². The monoisotopic (exact) mass is 401 g/mol. The number of pyridine rings is 1. The third kappa shape index (κ3) is 3.05. The molecule has 2 atom stereocenters. The summed E-state index contributed by atoms with van der Waals surface area (Å²) in [6, 6.07) is 14.8. The largest absolute Gasteiger partial charge is 0.506 e. The number of hydrogen-bond donors (Lipinski definition) is 2. The Labute approximate surface area is 166 Å². The third-order valence-electron chi connectivity index (χ3n) is 4.35. The van der Waals surface area contributed by atoms with Gasteiger partial charge >= 0.3 is 0 Å². The minimum Gasteiger partial charge on any atom is -0.506 e. The molecular formula is C19H16ClN3OS2. The zero-order chi connectivity index (χ0) is 18.3. The molecule has 26 heavy (non-hydrogen) atoms. The Morgan fingerprint density at radius 2 is 2.08 bits per heavy atom. The van der Waals surface area contributed by atoms with Gasteiger partial charge in [0.1, 0.15) is 5.75 Å². The molecule has 1 saturated heterocycles. The van der Waals surface area contributed by atoms with Gasteiger partial charge in [0.25, 0.3) is 0 Å². The van der Waals surface area contributed by atoms with Crippen molar-refractivity contribution in [2.24, 2.45) is 0 Å². The van der Waals surface area contributed by atoms with Crippen LogP contribution in [-0.2, 0) is 0 Å². The van der Waals surface area contributed by atoms with Crippen LogP contribution in [-0.4, -0.2) is 15.2 Å². The quantitative estimate of drug-likeness (QED) is 0.605. The van der Waals surface area contributed by atoms with Crippen LogP contribution in [0, 0.1) is 6.92 Å². The number of phenolic OH excluding ortho intramolecular Hbond substituents is 1. The normalized spacial score (nSPS) is 19.6. The lowest BCUT2D eigenvalue weighted by Gasteiger charge is -2.27. The first-order chi connectivity index (χ1) is 12.5.